The second-order valence-electron chi connectivity index (χ2n) is 3.08. The summed E-state index contributed by atoms with van der Waals surface area (Å²) < 4.78 is 1.37. The highest BCUT2D eigenvalue weighted by atomic mass is 32.1. The van der Waals surface area contributed by atoms with Crippen molar-refractivity contribution in [3.05, 3.63) is 35.2 Å². The fraction of sp³-hybridized carbons (Fsp3) is 0.273. The number of aryl methyl sites for hydroxylation is 1. The first-order valence-corrected chi connectivity index (χ1v) is 5.36. The summed E-state index contributed by atoms with van der Waals surface area (Å²) in [5, 5.41) is 12.2. The first-order valence-electron chi connectivity index (χ1n) is 4.48. The third-order valence-electron chi connectivity index (χ3n) is 2.16. The Labute approximate surface area is 81.6 Å². The van der Waals surface area contributed by atoms with Gasteiger partial charge in [0.05, 0.1) is 0 Å². The van der Waals surface area contributed by atoms with Crippen LogP contribution < -0.4 is 0 Å². The topological polar surface area (TPSA) is 20.2 Å². The molecule has 1 aromatic heterocycles. The number of thiophene rings is 1. The van der Waals surface area contributed by atoms with Crippen LogP contribution in [0.5, 0.6) is 0 Å². The third-order valence-corrected chi connectivity index (χ3v) is 3.17. The third kappa shape index (κ3) is 1.74. The van der Waals surface area contributed by atoms with E-state index in [1.54, 1.807) is 11.3 Å². The number of hydrogen-bond donors (Lipinski definition) is 1. The molecule has 0 radical (unpaired) electrons. The molecule has 1 heterocycles. The van der Waals surface area contributed by atoms with E-state index in [9.17, 15) is 0 Å². The van der Waals surface area contributed by atoms with E-state index in [1.165, 1.54) is 15.6 Å². The smallest absolute Gasteiger partial charge is 0.0434 e. The lowest BCUT2D eigenvalue weighted by Crippen LogP contribution is -1.88. The molecular formula is C11H12OS. The first kappa shape index (κ1) is 8.73. The fourth-order valence-corrected chi connectivity index (χ4v) is 2.47. The molecule has 0 unspecified atom stereocenters. The normalized spacial score (nSPS) is 10.8. The molecule has 0 saturated heterocycles. The van der Waals surface area contributed by atoms with Gasteiger partial charge in [0.1, 0.15) is 0 Å². The summed E-state index contributed by atoms with van der Waals surface area (Å²) >= 11 is 1.78. The van der Waals surface area contributed by atoms with Gasteiger partial charge in [-0.15, -0.1) is 11.3 Å². The second kappa shape index (κ2) is 3.90. The van der Waals surface area contributed by atoms with Crippen LogP contribution in [0.3, 0.4) is 0 Å². The van der Waals surface area contributed by atoms with Gasteiger partial charge in [-0.25, -0.2) is 0 Å². The predicted molar refractivity (Wildman–Crippen MR) is 57.2 cm³/mol. The second-order valence-corrected chi connectivity index (χ2v) is 4.00. The first-order chi connectivity index (χ1) is 6.42. The summed E-state index contributed by atoms with van der Waals surface area (Å²) in [7, 11) is 0. The molecule has 68 valence electrons. The Morgan fingerprint density at radius 3 is 3.00 bits per heavy atom. The molecule has 0 bridgehead atoms. The van der Waals surface area contributed by atoms with Crippen molar-refractivity contribution in [1.82, 2.24) is 0 Å². The van der Waals surface area contributed by atoms with Crippen LogP contribution >= 0.6 is 11.3 Å². The minimum absolute atomic E-state index is 0.280. The molecule has 0 amide bonds. The van der Waals surface area contributed by atoms with Crippen molar-refractivity contribution in [3.8, 4) is 0 Å². The SMILES string of the molecule is OCCCc1cccc2ccsc12. The Bertz CT molecular complexity index is 392. The van der Waals surface area contributed by atoms with Crippen LogP contribution in [0.1, 0.15) is 12.0 Å². The molecule has 0 aliphatic heterocycles. The van der Waals surface area contributed by atoms with E-state index in [2.05, 4.69) is 29.6 Å². The van der Waals surface area contributed by atoms with Gasteiger partial charge in [0.25, 0.3) is 0 Å². The van der Waals surface area contributed by atoms with Crippen LogP contribution in [0.25, 0.3) is 10.1 Å². The molecule has 2 aromatic rings. The van der Waals surface area contributed by atoms with Gasteiger partial charge in [0, 0.05) is 11.3 Å². The monoisotopic (exact) mass is 192 g/mol. The van der Waals surface area contributed by atoms with Crippen LogP contribution in [0, 0.1) is 0 Å². The molecule has 0 atom stereocenters. The average Bonchev–Trinajstić information content (AvgIpc) is 2.62. The number of hydrogen-bond acceptors (Lipinski definition) is 2. The van der Waals surface area contributed by atoms with Crippen molar-refractivity contribution in [2.75, 3.05) is 6.61 Å². The molecule has 0 aliphatic carbocycles. The Balaban J connectivity index is 2.37. The molecule has 1 aromatic carbocycles. The molecule has 0 fully saturated rings. The zero-order valence-electron chi connectivity index (χ0n) is 7.36. The van der Waals surface area contributed by atoms with Gasteiger partial charge in [-0.2, -0.15) is 0 Å². The highest BCUT2D eigenvalue weighted by Gasteiger charge is 2.00. The molecule has 1 N–H and O–H groups in total. The van der Waals surface area contributed by atoms with Gasteiger partial charge >= 0.3 is 0 Å². The van der Waals surface area contributed by atoms with E-state index < -0.39 is 0 Å². The number of aliphatic hydroxyl groups excluding tert-OH is 1. The van der Waals surface area contributed by atoms with E-state index in [1.807, 2.05) is 0 Å². The zero-order chi connectivity index (χ0) is 9.10. The van der Waals surface area contributed by atoms with Crippen molar-refractivity contribution in [3.63, 3.8) is 0 Å². The molecule has 2 heteroatoms. The summed E-state index contributed by atoms with van der Waals surface area (Å²) in [6.45, 7) is 0.280. The van der Waals surface area contributed by atoms with Crippen molar-refractivity contribution in [1.29, 1.82) is 0 Å². The van der Waals surface area contributed by atoms with Crippen molar-refractivity contribution < 1.29 is 5.11 Å². The quantitative estimate of drug-likeness (QED) is 0.792. The van der Waals surface area contributed by atoms with Gasteiger partial charge in [-0.1, -0.05) is 18.2 Å². The number of fused-ring (bicyclic) bond motifs is 1. The lowest BCUT2D eigenvalue weighted by atomic mass is 10.1. The standard InChI is InChI=1S/C11H12OS/c12-7-2-5-9-3-1-4-10-6-8-13-11(9)10/h1,3-4,6,8,12H,2,5,7H2. The van der Waals surface area contributed by atoms with Crippen LogP contribution in [0.2, 0.25) is 0 Å². The maximum absolute atomic E-state index is 8.75. The minimum atomic E-state index is 0.280. The summed E-state index contributed by atoms with van der Waals surface area (Å²) in [6, 6.07) is 8.51. The average molecular weight is 192 g/mol. The van der Waals surface area contributed by atoms with Gasteiger partial charge in [-0.05, 0) is 35.2 Å². The molecule has 0 aliphatic rings. The van der Waals surface area contributed by atoms with Gasteiger partial charge in [0.15, 0.2) is 0 Å². The molecular weight excluding hydrogens is 180 g/mol. The maximum atomic E-state index is 8.75. The lowest BCUT2D eigenvalue weighted by Gasteiger charge is -2.00. The van der Waals surface area contributed by atoms with Crippen molar-refractivity contribution in [2.24, 2.45) is 0 Å². The molecule has 0 spiro atoms. The summed E-state index contributed by atoms with van der Waals surface area (Å²) in [5.74, 6) is 0. The van der Waals surface area contributed by atoms with Crippen LogP contribution in [-0.4, -0.2) is 11.7 Å². The molecule has 2 rings (SSSR count). The summed E-state index contributed by atoms with van der Waals surface area (Å²) in [5.41, 5.74) is 1.36. The fourth-order valence-electron chi connectivity index (χ4n) is 1.52. The number of rotatable bonds is 3. The van der Waals surface area contributed by atoms with Crippen LogP contribution in [0.4, 0.5) is 0 Å². The summed E-state index contributed by atoms with van der Waals surface area (Å²) in [4.78, 5) is 0. The van der Waals surface area contributed by atoms with Crippen LogP contribution in [-0.2, 0) is 6.42 Å². The van der Waals surface area contributed by atoms with E-state index in [0.717, 1.165) is 12.8 Å². The predicted octanol–water partition coefficient (Wildman–Crippen LogP) is 2.83. The largest absolute Gasteiger partial charge is 0.396 e. The number of aliphatic hydroxyl groups is 1. The minimum Gasteiger partial charge on any atom is -0.396 e. The molecule has 13 heavy (non-hydrogen) atoms. The van der Waals surface area contributed by atoms with E-state index in [0.29, 0.717) is 0 Å². The number of benzene rings is 1. The van der Waals surface area contributed by atoms with E-state index >= 15 is 0 Å². The molecule has 0 saturated carbocycles. The summed E-state index contributed by atoms with van der Waals surface area (Å²) in [6.07, 6.45) is 1.84. The van der Waals surface area contributed by atoms with E-state index in [4.69, 9.17) is 5.11 Å². The lowest BCUT2D eigenvalue weighted by molar-refractivity contribution is 0.289. The van der Waals surface area contributed by atoms with Crippen LogP contribution in [0.15, 0.2) is 29.6 Å². The zero-order valence-corrected chi connectivity index (χ0v) is 8.18. The highest BCUT2D eigenvalue weighted by Crippen LogP contribution is 2.25. The Kier molecular flexibility index (Phi) is 2.62. The Morgan fingerprint density at radius 1 is 1.23 bits per heavy atom. The highest BCUT2D eigenvalue weighted by molar-refractivity contribution is 7.17. The Hall–Kier alpha value is -0.860. The van der Waals surface area contributed by atoms with Crippen molar-refractivity contribution in [2.45, 2.75) is 12.8 Å². The van der Waals surface area contributed by atoms with Gasteiger partial charge in [0.2, 0.25) is 0 Å². The molecule has 1 nitrogen and oxygen atoms in total. The van der Waals surface area contributed by atoms with Crippen molar-refractivity contribution >= 4 is 21.4 Å². The Morgan fingerprint density at radius 2 is 2.15 bits per heavy atom. The maximum Gasteiger partial charge on any atom is 0.0434 e. The van der Waals surface area contributed by atoms with Gasteiger partial charge < -0.3 is 5.11 Å². The van der Waals surface area contributed by atoms with Gasteiger partial charge in [-0.3, -0.25) is 0 Å². The van der Waals surface area contributed by atoms with E-state index in [-0.39, 0.29) is 6.61 Å².